The summed E-state index contributed by atoms with van der Waals surface area (Å²) in [6.45, 7) is 0.181. The number of carbonyl (C=O) groups excluding carboxylic acids is 1. The minimum absolute atomic E-state index is 0.181. The summed E-state index contributed by atoms with van der Waals surface area (Å²) >= 11 is 5.92. The summed E-state index contributed by atoms with van der Waals surface area (Å²) in [5.74, 6) is 0. The number of nitrogens with zero attached hydrogens (tertiary/aromatic N) is 3. The molecule has 66 valence electrons. The fourth-order valence-corrected chi connectivity index (χ4v) is 1.45. The zero-order valence-corrected chi connectivity index (χ0v) is 7.40. The minimum Gasteiger partial charge on any atom is -0.301 e. The van der Waals surface area contributed by atoms with E-state index in [0.717, 1.165) is 6.29 Å². The van der Waals surface area contributed by atoms with Gasteiger partial charge >= 0.3 is 0 Å². The maximum absolute atomic E-state index is 10.3. The van der Waals surface area contributed by atoms with Crippen LogP contribution in [0.5, 0.6) is 0 Å². The molecular formula is C8H6ClN3O. The Kier molecular flexibility index (Phi) is 1.98. The van der Waals surface area contributed by atoms with Gasteiger partial charge in [0.2, 0.25) is 0 Å². The largest absolute Gasteiger partial charge is 0.301 e. The number of aromatic nitrogens is 3. The lowest BCUT2D eigenvalue weighted by molar-refractivity contribution is -0.108. The quantitative estimate of drug-likeness (QED) is 0.679. The molecular weight excluding hydrogens is 190 g/mol. The van der Waals surface area contributed by atoms with E-state index in [1.165, 1.54) is 4.68 Å². The maximum Gasteiger partial charge on any atom is 0.141 e. The SMILES string of the molecule is O=CCn1nnc2cccc(Cl)c21. The van der Waals surface area contributed by atoms with Crippen molar-refractivity contribution < 1.29 is 4.79 Å². The van der Waals surface area contributed by atoms with Gasteiger partial charge in [-0.05, 0) is 12.1 Å². The van der Waals surface area contributed by atoms with Crippen LogP contribution in [0.2, 0.25) is 5.02 Å². The number of aldehydes is 1. The van der Waals surface area contributed by atoms with Crippen LogP contribution in [0.1, 0.15) is 0 Å². The number of halogens is 1. The van der Waals surface area contributed by atoms with Crippen molar-refractivity contribution in [2.45, 2.75) is 6.54 Å². The number of fused-ring (bicyclic) bond motifs is 1. The molecule has 0 fully saturated rings. The molecule has 0 atom stereocenters. The van der Waals surface area contributed by atoms with E-state index in [4.69, 9.17) is 11.6 Å². The van der Waals surface area contributed by atoms with E-state index in [1.807, 2.05) is 0 Å². The second-order valence-corrected chi connectivity index (χ2v) is 2.95. The van der Waals surface area contributed by atoms with Gasteiger partial charge in [-0.3, -0.25) is 0 Å². The summed E-state index contributed by atoms with van der Waals surface area (Å²) in [5.41, 5.74) is 1.41. The zero-order valence-electron chi connectivity index (χ0n) is 6.64. The summed E-state index contributed by atoms with van der Waals surface area (Å²) < 4.78 is 1.48. The van der Waals surface area contributed by atoms with Gasteiger partial charge in [0.05, 0.1) is 11.6 Å². The summed E-state index contributed by atoms with van der Waals surface area (Å²) in [6, 6.07) is 5.34. The standard InChI is InChI=1S/C8H6ClN3O/c9-6-2-1-3-7-8(6)12(4-5-13)11-10-7/h1-3,5H,4H2. The predicted octanol–water partition coefficient (Wildman–Crippen LogP) is 1.28. The number of carbonyl (C=O) groups is 1. The number of para-hydroxylation sites is 1. The van der Waals surface area contributed by atoms with Gasteiger partial charge in [-0.25, -0.2) is 4.68 Å². The van der Waals surface area contributed by atoms with Crippen LogP contribution < -0.4 is 0 Å². The van der Waals surface area contributed by atoms with E-state index >= 15 is 0 Å². The van der Waals surface area contributed by atoms with Gasteiger partial charge in [-0.1, -0.05) is 22.9 Å². The summed E-state index contributed by atoms with van der Waals surface area (Å²) in [7, 11) is 0. The number of hydrogen-bond acceptors (Lipinski definition) is 3. The molecule has 0 aliphatic carbocycles. The van der Waals surface area contributed by atoms with Gasteiger partial charge in [-0.15, -0.1) is 5.10 Å². The molecule has 0 aliphatic heterocycles. The molecule has 0 amide bonds. The molecule has 1 aromatic heterocycles. The Morgan fingerprint density at radius 1 is 1.54 bits per heavy atom. The third-order valence-corrected chi connectivity index (χ3v) is 2.04. The van der Waals surface area contributed by atoms with Crippen LogP contribution in [0.25, 0.3) is 11.0 Å². The van der Waals surface area contributed by atoms with E-state index in [2.05, 4.69) is 10.3 Å². The first-order valence-corrected chi connectivity index (χ1v) is 4.12. The first kappa shape index (κ1) is 8.19. The third-order valence-electron chi connectivity index (χ3n) is 1.73. The molecule has 4 nitrogen and oxygen atoms in total. The first-order valence-electron chi connectivity index (χ1n) is 3.74. The third kappa shape index (κ3) is 1.29. The summed E-state index contributed by atoms with van der Waals surface area (Å²) in [4.78, 5) is 10.3. The van der Waals surface area contributed by atoms with E-state index < -0.39 is 0 Å². The van der Waals surface area contributed by atoms with Gasteiger partial charge in [0, 0.05) is 0 Å². The molecule has 1 heterocycles. The van der Waals surface area contributed by atoms with Crippen molar-refractivity contribution in [3.05, 3.63) is 23.2 Å². The van der Waals surface area contributed by atoms with Crippen LogP contribution >= 0.6 is 11.6 Å². The van der Waals surface area contributed by atoms with Crippen molar-refractivity contribution >= 4 is 28.9 Å². The molecule has 13 heavy (non-hydrogen) atoms. The maximum atomic E-state index is 10.3. The Morgan fingerprint density at radius 3 is 3.15 bits per heavy atom. The lowest BCUT2D eigenvalue weighted by Crippen LogP contribution is -2.00. The van der Waals surface area contributed by atoms with E-state index in [1.54, 1.807) is 18.2 Å². The second-order valence-electron chi connectivity index (χ2n) is 2.55. The number of benzene rings is 1. The van der Waals surface area contributed by atoms with Crippen molar-refractivity contribution in [3.63, 3.8) is 0 Å². The molecule has 2 aromatic rings. The highest BCUT2D eigenvalue weighted by Gasteiger charge is 2.06. The highest BCUT2D eigenvalue weighted by Crippen LogP contribution is 2.20. The van der Waals surface area contributed by atoms with Gasteiger partial charge in [0.1, 0.15) is 17.3 Å². The van der Waals surface area contributed by atoms with E-state index in [0.29, 0.717) is 16.1 Å². The average Bonchev–Trinajstić information content (AvgIpc) is 2.51. The normalized spacial score (nSPS) is 10.5. The molecule has 1 aromatic carbocycles. The van der Waals surface area contributed by atoms with Crippen LogP contribution in [0.3, 0.4) is 0 Å². The highest BCUT2D eigenvalue weighted by atomic mass is 35.5. The molecule has 0 saturated heterocycles. The monoisotopic (exact) mass is 195 g/mol. The number of hydrogen-bond donors (Lipinski definition) is 0. The lowest BCUT2D eigenvalue weighted by atomic mass is 10.3. The topological polar surface area (TPSA) is 47.8 Å². The van der Waals surface area contributed by atoms with Crippen molar-refractivity contribution in [1.82, 2.24) is 15.0 Å². The van der Waals surface area contributed by atoms with E-state index in [-0.39, 0.29) is 6.54 Å². The Balaban J connectivity index is 2.70. The summed E-state index contributed by atoms with van der Waals surface area (Å²) in [5, 5.41) is 8.22. The van der Waals surface area contributed by atoms with Crippen molar-refractivity contribution in [2.75, 3.05) is 0 Å². The highest BCUT2D eigenvalue weighted by molar-refractivity contribution is 6.34. The minimum atomic E-state index is 0.181. The fraction of sp³-hybridized carbons (Fsp3) is 0.125. The predicted molar refractivity (Wildman–Crippen MR) is 48.6 cm³/mol. The van der Waals surface area contributed by atoms with Crippen LogP contribution in [-0.2, 0) is 11.3 Å². The second kappa shape index (κ2) is 3.14. The molecule has 0 radical (unpaired) electrons. The smallest absolute Gasteiger partial charge is 0.141 e. The molecule has 0 aliphatic rings. The molecule has 0 bridgehead atoms. The van der Waals surface area contributed by atoms with Crippen LogP contribution in [0.4, 0.5) is 0 Å². The Hall–Kier alpha value is -1.42. The van der Waals surface area contributed by atoms with Crippen molar-refractivity contribution in [1.29, 1.82) is 0 Å². The first-order chi connectivity index (χ1) is 6.33. The zero-order chi connectivity index (χ0) is 9.26. The lowest BCUT2D eigenvalue weighted by Gasteiger charge is -1.96. The van der Waals surface area contributed by atoms with Crippen molar-refractivity contribution in [2.24, 2.45) is 0 Å². The molecule has 5 heteroatoms. The van der Waals surface area contributed by atoms with Gasteiger partial charge in [0.25, 0.3) is 0 Å². The molecule has 0 spiro atoms. The van der Waals surface area contributed by atoms with Gasteiger partial charge < -0.3 is 4.79 Å². The molecule has 0 unspecified atom stereocenters. The van der Waals surface area contributed by atoms with Crippen LogP contribution in [-0.4, -0.2) is 21.3 Å². The number of rotatable bonds is 2. The average molecular weight is 196 g/mol. The molecule has 0 N–H and O–H groups in total. The van der Waals surface area contributed by atoms with E-state index in [9.17, 15) is 4.79 Å². The van der Waals surface area contributed by atoms with Crippen LogP contribution in [0.15, 0.2) is 18.2 Å². The Bertz CT molecular complexity index is 452. The molecule has 2 rings (SSSR count). The van der Waals surface area contributed by atoms with Crippen molar-refractivity contribution in [3.8, 4) is 0 Å². The van der Waals surface area contributed by atoms with Gasteiger partial charge in [0.15, 0.2) is 0 Å². The van der Waals surface area contributed by atoms with Gasteiger partial charge in [-0.2, -0.15) is 0 Å². The Labute approximate surface area is 79.1 Å². The summed E-state index contributed by atoms with van der Waals surface area (Å²) in [6.07, 6.45) is 0.761. The Morgan fingerprint density at radius 2 is 2.38 bits per heavy atom. The van der Waals surface area contributed by atoms with Crippen LogP contribution in [0, 0.1) is 0 Å². The fourth-order valence-electron chi connectivity index (χ4n) is 1.19. The molecule has 0 saturated carbocycles.